The highest BCUT2D eigenvalue weighted by Crippen LogP contribution is 2.35. The predicted octanol–water partition coefficient (Wildman–Crippen LogP) is 5.77. The van der Waals surface area contributed by atoms with E-state index in [1.54, 1.807) is 0 Å². The summed E-state index contributed by atoms with van der Waals surface area (Å²) in [5, 5.41) is 5.73. The Hall–Kier alpha value is -2.95. The molecule has 0 spiro atoms. The standard InChI is InChI=1S/C26H21BrN2O/c1-16(20-13-11-18-10-9-17-5-4-8-23(20)26(17)18)29(28)25(30)15-19-12-14-24(27)22-7-3-2-6-21(19)22/h2-8,11-14H,1,9-10,15,28H2. The number of amides is 1. The lowest BCUT2D eigenvalue weighted by Gasteiger charge is -2.21. The second-order valence-electron chi connectivity index (χ2n) is 7.75. The zero-order valence-corrected chi connectivity index (χ0v) is 18.1. The molecule has 0 bridgehead atoms. The highest BCUT2D eigenvalue weighted by atomic mass is 79.9. The molecule has 0 aromatic heterocycles. The SMILES string of the molecule is C=C(c1ccc2c3c(cccc13)CC2)N(N)C(=O)Cc1ccc(Br)c2ccccc12. The highest BCUT2D eigenvalue weighted by molar-refractivity contribution is 9.10. The average Bonchev–Trinajstić information content (AvgIpc) is 3.20. The van der Waals surface area contributed by atoms with Crippen molar-refractivity contribution in [2.75, 3.05) is 0 Å². The van der Waals surface area contributed by atoms with E-state index in [1.165, 1.54) is 21.5 Å². The van der Waals surface area contributed by atoms with Gasteiger partial charge in [-0.15, -0.1) is 0 Å². The van der Waals surface area contributed by atoms with E-state index in [4.69, 9.17) is 5.84 Å². The van der Waals surface area contributed by atoms with Crippen LogP contribution in [0, 0.1) is 0 Å². The third kappa shape index (κ3) is 3.04. The first-order valence-corrected chi connectivity index (χ1v) is 10.8. The number of benzene rings is 4. The minimum Gasteiger partial charge on any atom is -0.273 e. The van der Waals surface area contributed by atoms with E-state index in [-0.39, 0.29) is 12.3 Å². The fourth-order valence-electron chi connectivity index (χ4n) is 4.51. The van der Waals surface area contributed by atoms with Crippen LogP contribution in [0.25, 0.3) is 27.2 Å². The molecule has 1 aliphatic carbocycles. The number of fused-ring (bicyclic) bond motifs is 1. The van der Waals surface area contributed by atoms with Crippen molar-refractivity contribution in [2.24, 2.45) is 5.84 Å². The van der Waals surface area contributed by atoms with E-state index < -0.39 is 0 Å². The number of aryl methyl sites for hydroxylation is 2. The molecule has 0 saturated heterocycles. The number of nitrogens with two attached hydrogens (primary N) is 1. The lowest BCUT2D eigenvalue weighted by Crippen LogP contribution is -2.36. The molecule has 0 atom stereocenters. The summed E-state index contributed by atoms with van der Waals surface area (Å²) in [7, 11) is 0. The summed E-state index contributed by atoms with van der Waals surface area (Å²) >= 11 is 3.59. The minimum absolute atomic E-state index is 0.185. The number of carbonyl (C=O) groups is 1. The van der Waals surface area contributed by atoms with Gasteiger partial charge in [0.1, 0.15) is 0 Å². The normalized spacial score (nSPS) is 12.5. The fraction of sp³-hybridized carbons (Fsp3) is 0.115. The third-order valence-corrected chi connectivity index (χ3v) is 6.74. The Morgan fingerprint density at radius 3 is 2.40 bits per heavy atom. The molecule has 4 aromatic carbocycles. The van der Waals surface area contributed by atoms with E-state index >= 15 is 0 Å². The summed E-state index contributed by atoms with van der Waals surface area (Å²) in [6, 6.07) is 22.5. The molecule has 5 rings (SSSR count). The topological polar surface area (TPSA) is 46.3 Å². The fourth-order valence-corrected chi connectivity index (χ4v) is 4.98. The van der Waals surface area contributed by atoms with Crippen LogP contribution < -0.4 is 5.84 Å². The first-order valence-electron chi connectivity index (χ1n) is 10.0. The summed E-state index contributed by atoms with van der Waals surface area (Å²) in [4.78, 5) is 13.1. The van der Waals surface area contributed by atoms with Crippen molar-refractivity contribution in [2.45, 2.75) is 19.3 Å². The first-order chi connectivity index (χ1) is 14.5. The number of nitrogens with zero attached hydrogens (tertiary/aromatic N) is 1. The van der Waals surface area contributed by atoms with Gasteiger partial charge in [-0.1, -0.05) is 83.2 Å². The van der Waals surface area contributed by atoms with Gasteiger partial charge in [-0.25, -0.2) is 10.9 Å². The van der Waals surface area contributed by atoms with Crippen molar-refractivity contribution in [3.63, 3.8) is 0 Å². The molecule has 0 aliphatic heterocycles. The Morgan fingerprint density at radius 2 is 1.60 bits per heavy atom. The van der Waals surface area contributed by atoms with Crippen molar-refractivity contribution < 1.29 is 4.79 Å². The lowest BCUT2D eigenvalue weighted by atomic mass is 9.98. The van der Waals surface area contributed by atoms with Crippen LogP contribution in [0.2, 0.25) is 0 Å². The molecule has 0 radical (unpaired) electrons. The molecule has 30 heavy (non-hydrogen) atoms. The molecule has 1 amide bonds. The third-order valence-electron chi connectivity index (χ3n) is 6.05. The Labute approximate surface area is 183 Å². The summed E-state index contributed by atoms with van der Waals surface area (Å²) in [6.07, 6.45) is 2.33. The van der Waals surface area contributed by atoms with Crippen molar-refractivity contribution in [1.82, 2.24) is 5.01 Å². The summed E-state index contributed by atoms with van der Waals surface area (Å²) in [6.45, 7) is 4.17. The molecular weight excluding hydrogens is 436 g/mol. The number of rotatable bonds is 4. The van der Waals surface area contributed by atoms with E-state index in [1.807, 2.05) is 42.5 Å². The summed E-state index contributed by atoms with van der Waals surface area (Å²) < 4.78 is 1.01. The minimum atomic E-state index is -0.185. The summed E-state index contributed by atoms with van der Waals surface area (Å²) in [5.41, 5.74) is 5.09. The zero-order valence-electron chi connectivity index (χ0n) is 16.5. The van der Waals surface area contributed by atoms with E-state index in [0.717, 1.165) is 44.6 Å². The lowest BCUT2D eigenvalue weighted by molar-refractivity contribution is -0.127. The van der Waals surface area contributed by atoms with E-state index in [2.05, 4.69) is 46.8 Å². The maximum Gasteiger partial charge on any atom is 0.245 e. The molecular formula is C26H21BrN2O. The molecule has 148 valence electrons. The maximum absolute atomic E-state index is 13.1. The molecule has 3 nitrogen and oxygen atoms in total. The first kappa shape index (κ1) is 19.0. The van der Waals surface area contributed by atoms with Gasteiger partial charge in [-0.05, 0) is 57.1 Å². The molecule has 0 unspecified atom stereocenters. The van der Waals surface area contributed by atoms with Crippen LogP contribution in [0.1, 0.15) is 22.3 Å². The van der Waals surface area contributed by atoms with E-state index in [9.17, 15) is 4.79 Å². The van der Waals surface area contributed by atoms with Gasteiger partial charge in [0.05, 0.1) is 12.1 Å². The number of halogens is 1. The van der Waals surface area contributed by atoms with Crippen LogP contribution in [0.3, 0.4) is 0 Å². The molecule has 4 heteroatoms. The van der Waals surface area contributed by atoms with Gasteiger partial charge in [0.25, 0.3) is 0 Å². The monoisotopic (exact) mass is 456 g/mol. The Morgan fingerprint density at radius 1 is 0.900 bits per heavy atom. The van der Waals surface area contributed by atoms with Gasteiger partial charge in [-0.2, -0.15) is 0 Å². The van der Waals surface area contributed by atoms with Gasteiger partial charge in [0.15, 0.2) is 0 Å². The van der Waals surface area contributed by atoms with Crippen LogP contribution >= 0.6 is 15.9 Å². The molecule has 2 N–H and O–H groups in total. The maximum atomic E-state index is 13.1. The average molecular weight is 457 g/mol. The smallest absolute Gasteiger partial charge is 0.245 e. The Bertz CT molecular complexity index is 1330. The largest absolute Gasteiger partial charge is 0.273 e. The second-order valence-corrected chi connectivity index (χ2v) is 8.61. The molecule has 1 aliphatic rings. The second kappa shape index (κ2) is 7.38. The number of hydrogen-bond donors (Lipinski definition) is 1. The van der Waals surface area contributed by atoms with Crippen LogP contribution in [-0.2, 0) is 24.1 Å². The molecule has 4 aromatic rings. The molecule has 0 fully saturated rings. The van der Waals surface area contributed by atoms with Crippen molar-refractivity contribution in [3.8, 4) is 0 Å². The molecule has 0 heterocycles. The van der Waals surface area contributed by atoms with Crippen molar-refractivity contribution in [1.29, 1.82) is 0 Å². The number of carbonyl (C=O) groups excluding carboxylic acids is 1. The zero-order chi connectivity index (χ0) is 20.8. The van der Waals surface area contributed by atoms with Gasteiger partial charge >= 0.3 is 0 Å². The van der Waals surface area contributed by atoms with Crippen LogP contribution in [0.5, 0.6) is 0 Å². The van der Waals surface area contributed by atoms with Crippen molar-refractivity contribution >= 4 is 49.1 Å². The van der Waals surface area contributed by atoms with E-state index in [0.29, 0.717) is 5.70 Å². The Balaban J connectivity index is 1.47. The number of hydrazine groups is 1. The van der Waals surface area contributed by atoms with Crippen molar-refractivity contribution in [3.05, 3.63) is 100 Å². The quantitative estimate of drug-likeness (QED) is 0.240. The van der Waals surface area contributed by atoms with Crippen LogP contribution in [-0.4, -0.2) is 10.9 Å². The highest BCUT2D eigenvalue weighted by Gasteiger charge is 2.21. The van der Waals surface area contributed by atoms with Crippen LogP contribution in [0.15, 0.2) is 77.8 Å². The molecule has 0 saturated carbocycles. The predicted molar refractivity (Wildman–Crippen MR) is 127 cm³/mol. The number of hydrogen-bond acceptors (Lipinski definition) is 2. The van der Waals surface area contributed by atoms with Gasteiger partial charge in [0.2, 0.25) is 5.91 Å². The van der Waals surface area contributed by atoms with Gasteiger partial charge < -0.3 is 0 Å². The van der Waals surface area contributed by atoms with Crippen LogP contribution in [0.4, 0.5) is 0 Å². The Kier molecular flexibility index (Phi) is 4.69. The summed E-state index contributed by atoms with van der Waals surface area (Å²) in [5.74, 6) is 6.09. The van der Waals surface area contributed by atoms with Gasteiger partial charge in [0, 0.05) is 10.0 Å². The van der Waals surface area contributed by atoms with Gasteiger partial charge in [-0.3, -0.25) is 4.79 Å².